The first-order valence-electron chi connectivity index (χ1n) is 18.9. The summed E-state index contributed by atoms with van der Waals surface area (Å²) in [7, 11) is 0. The standard InChI is InChI=1S/C37H54N6O14/c1-22-16-32(50)42(36(22)54)10-14-56-12-8-38-30(48)20-26(34(52)40-24(3)44)18-28(46)6-5-7-29(47)19-27(35(53)41-25(4)45)21-31(49)39-9-13-57-15-11-43-33(51)17-23(2)37(43)55/h22-23,26-27H,5-21H2,1-4H3,(H,38,48)(H,39,49)(H,40,44,52)(H,41,45,53). The van der Waals surface area contributed by atoms with Crippen LogP contribution in [0.5, 0.6) is 0 Å². The van der Waals surface area contributed by atoms with E-state index >= 15 is 0 Å². The van der Waals surface area contributed by atoms with Crippen LogP contribution in [0.2, 0.25) is 0 Å². The number of hydrogen-bond donors (Lipinski definition) is 4. The van der Waals surface area contributed by atoms with E-state index in [1.54, 1.807) is 13.8 Å². The Morgan fingerprint density at radius 2 is 0.965 bits per heavy atom. The molecule has 0 saturated carbocycles. The van der Waals surface area contributed by atoms with Crippen molar-refractivity contribution in [3.63, 3.8) is 0 Å². The van der Waals surface area contributed by atoms with Crippen molar-refractivity contribution in [3.05, 3.63) is 0 Å². The Morgan fingerprint density at radius 3 is 1.28 bits per heavy atom. The van der Waals surface area contributed by atoms with Gasteiger partial charge in [-0.05, 0) is 6.42 Å². The lowest BCUT2D eigenvalue weighted by Crippen LogP contribution is -2.39. The fourth-order valence-electron chi connectivity index (χ4n) is 6.10. The molecule has 0 spiro atoms. The highest BCUT2D eigenvalue weighted by Gasteiger charge is 2.36. The van der Waals surface area contributed by atoms with Gasteiger partial charge in [0, 0.05) is 90.1 Å². The normalized spacial score (nSPS) is 17.6. The molecule has 57 heavy (non-hydrogen) atoms. The second-order valence-electron chi connectivity index (χ2n) is 14.1. The summed E-state index contributed by atoms with van der Waals surface area (Å²) in [6.45, 7) is 5.96. The molecule has 4 N–H and O–H groups in total. The lowest BCUT2D eigenvalue weighted by Gasteiger charge is -2.16. The van der Waals surface area contributed by atoms with Gasteiger partial charge in [-0.2, -0.15) is 0 Å². The van der Waals surface area contributed by atoms with Crippen LogP contribution in [0, 0.1) is 23.7 Å². The van der Waals surface area contributed by atoms with E-state index in [9.17, 15) is 57.5 Å². The number of carbonyl (C=O) groups is 12. The number of nitrogens with zero attached hydrogens (tertiary/aromatic N) is 2. The summed E-state index contributed by atoms with van der Waals surface area (Å²) in [6.07, 6.45) is -1.70. The zero-order valence-corrected chi connectivity index (χ0v) is 32.9. The minimum absolute atomic E-state index is 0.0217. The van der Waals surface area contributed by atoms with Gasteiger partial charge in [0.05, 0.1) is 51.4 Å². The van der Waals surface area contributed by atoms with Gasteiger partial charge in [0.1, 0.15) is 11.6 Å². The minimum atomic E-state index is -1.20. The molecule has 2 aliphatic heterocycles. The van der Waals surface area contributed by atoms with E-state index in [4.69, 9.17) is 9.47 Å². The number of ether oxygens (including phenoxy) is 2. The van der Waals surface area contributed by atoms with Crippen LogP contribution in [-0.2, 0) is 67.0 Å². The molecule has 0 bridgehead atoms. The van der Waals surface area contributed by atoms with E-state index in [0.29, 0.717) is 0 Å². The van der Waals surface area contributed by atoms with E-state index in [-0.39, 0.29) is 120 Å². The maximum atomic E-state index is 12.8. The molecule has 10 amide bonds. The molecule has 2 rings (SSSR count). The van der Waals surface area contributed by atoms with Gasteiger partial charge < -0.3 is 20.1 Å². The van der Waals surface area contributed by atoms with Crippen LogP contribution in [-0.4, -0.2) is 133 Å². The zero-order chi connectivity index (χ0) is 42.7. The van der Waals surface area contributed by atoms with Crippen LogP contribution in [0.4, 0.5) is 0 Å². The number of imide groups is 4. The van der Waals surface area contributed by atoms with Crippen LogP contribution >= 0.6 is 0 Å². The van der Waals surface area contributed by atoms with Gasteiger partial charge in [-0.3, -0.25) is 78.0 Å². The lowest BCUT2D eigenvalue weighted by atomic mass is 9.93. The first-order valence-corrected chi connectivity index (χ1v) is 18.9. The van der Waals surface area contributed by atoms with Crippen LogP contribution in [0.3, 0.4) is 0 Å². The highest BCUT2D eigenvalue weighted by Crippen LogP contribution is 2.19. The number of rotatable bonds is 26. The third kappa shape index (κ3) is 17.6. The van der Waals surface area contributed by atoms with E-state index in [1.165, 1.54) is 0 Å². The Balaban J connectivity index is 1.76. The third-order valence-electron chi connectivity index (χ3n) is 9.06. The monoisotopic (exact) mass is 806 g/mol. The molecule has 20 nitrogen and oxygen atoms in total. The average molecular weight is 807 g/mol. The van der Waals surface area contributed by atoms with Gasteiger partial charge >= 0.3 is 0 Å². The van der Waals surface area contributed by atoms with Crippen molar-refractivity contribution in [2.24, 2.45) is 23.7 Å². The molecule has 0 aromatic heterocycles. The van der Waals surface area contributed by atoms with E-state index in [0.717, 1.165) is 23.6 Å². The number of hydrogen-bond acceptors (Lipinski definition) is 14. The number of Topliss-reactive ketones (excluding diaryl/α,β-unsaturated/α-hetero) is 2. The molecule has 2 aliphatic rings. The van der Waals surface area contributed by atoms with Gasteiger partial charge in [0.15, 0.2) is 0 Å². The van der Waals surface area contributed by atoms with Crippen LogP contribution < -0.4 is 21.3 Å². The van der Waals surface area contributed by atoms with Crippen molar-refractivity contribution in [1.29, 1.82) is 0 Å². The Kier molecular flexibility index (Phi) is 20.5. The molecule has 0 aromatic carbocycles. The number of ketones is 2. The number of amides is 10. The molecular weight excluding hydrogens is 752 g/mol. The average Bonchev–Trinajstić information content (AvgIpc) is 3.51. The highest BCUT2D eigenvalue weighted by molar-refractivity contribution is 6.04. The second kappa shape index (κ2) is 24.4. The molecule has 4 atom stereocenters. The van der Waals surface area contributed by atoms with Gasteiger partial charge in [-0.1, -0.05) is 13.8 Å². The van der Waals surface area contributed by atoms with Crippen LogP contribution in [0.1, 0.15) is 85.5 Å². The number of likely N-dealkylation sites (tertiary alicyclic amines) is 2. The van der Waals surface area contributed by atoms with Gasteiger partial charge in [-0.25, -0.2) is 0 Å². The quantitative estimate of drug-likeness (QED) is 0.0571. The van der Waals surface area contributed by atoms with Gasteiger partial charge in [0.2, 0.25) is 59.1 Å². The first kappa shape index (κ1) is 47.9. The maximum absolute atomic E-state index is 12.8. The predicted molar refractivity (Wildman–Crippen MR) is 196 cm³/mol. The number of nitrogens with one attached hydrogen (secondary N) is 4. The fraction of sp³-hybridized carbons (Fsp3) is 0.676. The zero-order valence-electron chi connectivity index (χ0n) is 32.9. The van der Waals surface area contributed by atoms with E-state index in [1.807, 2.05) is 0 Å². The molecule has 0 aromatic rings. The smallest absolute Gasteiger partial charge is 0.232 e. The predicted octanol–water partition coefficient (Wildman–Crippen LogP) is -1.53. The molecular formula is C37H54N6O14. The molecule has 2 saturated heterocycles. The summed E-state index contributed by atoms with van der Waals surface area (Å²) in [5, 5.41) is 9.24. The van der Waals surface area contributed by atoms with Crippen molar-refractivity contribution in [1.82, 2.24) is 31.1 Å². The summed E-state index contributed by atoms with van der Waals surface area (Å²) in [4.78, 5) is 149. The molecule has 2 fully saturated rings. The van der Waals surface area contributed by atoms with Crippen molar-refractivity contribution in [2.45, 2.75) is 85.5 Å². The van der Waals surface area contributed by atoms with Crippen molar-refractivity contribution in [2.75, 3.05) is 52.6 Å². The largest absolute Gasteiger partial charge is 0.378 e. The van der Waals surface area contributed by atoms with Crippen molar-refractivity contribution in [3.8, 4) is 0 Å². The third-order valence-corrected chi connectivity index (χ3v) is 9.06. The van der Waals surface area contributed by atoms with Crippen LogP contribution in [0.25, 0.3) is 0 Å². The summed E-state index contributed by atoms with van der Waals surface area (Å²) < 4.78 is 10.8. The Morgan fingerprint density at radius 1 is 0.596 bits per heavy atom. The fourth-order valence-corrected chi connectivity index (χ4v) is 6.10. The van der Waals surface area contributed by atoms with Crippen molar-refractivity contribution >= 4 is 70.6 Å². The summed E-state index contributed by atoms with van der Waals surface area (Å²) >= 11 is 0. The Labute approximate surface area is 330 Å². The summed E-state index contributed by atoms with van der Waals surface area (Å²) in [6, 6.07) is 0. The van der Waals surface area contributed by atoms with Crippen LogP contribution in [0.15, 0.2) is 0 Å². The molecule has 4 unspecified atom stereocenters. The first-order chi connectivity index (χ1) is 26.9. The van der Waals surface area contributed by atoms with E-state index < -0.39 is 84.5 Å². The van der Waals surface area contributed by atoms with E-state index in [2.05, 4.69) is 21.3 Å². The number of carbonyl (C=O) groups excluding carboxylic acids is 12. The van der Waals surface area contributed by atoms with Gasteiger partial charge in [0.25, 0.3) is 0 Å². The molecule has 20 heteroatoms. The lowest BCUT2D eigenvalue weighted by molar-refractivity contribution is -0.141. The second-order valence-corrected chi connectivity index (χ2v) is 14.1. The summed E-state index contributed by atoms with van der Waals surface area (Å²) in [5.41, 5.74) is 0. The Bertz CT molecular complexity index is 1450. The molecule has 0 aliphatic carbocycles. The Hall–Kier alpha value is -5.24. The van der Waals surface area contributed by atoms with Gasteiger partial charge in [-0.15, -0.1) is 0 Å². The summed E-state index contributed by atoms with van der Waals surface area (Å²) in [5.74, 6) is -9.40. The SMILES string of the molecule is CC(=O)NC(=O)C(CC(=O)CCCC(=O)CC(CC(=O)NCCOCCN1C(=O)CC(C)C1=O)C(=O)NC(C)=O)CC(=O)NCCOCCN1C(=O)CC(C)C1=O. The topological polar surface area (TPSA) is 278 Å². The maximum Gasteiger partial charge on any atom is 0.232 e. The van der Waals surface area contributed by atoms with Crippen molar-refractivity contribution < 1.29 is 67.0 Å². The molecule has 316 valence electrons. The minimum Gasteiger partial charge on any atom is -0.378 e. The molecule has 2 heterocycles. The molecule has 0 radical (unpaired) electrons. The highest BCUT2D eigenvalue weighted by atomic mass is 16.5.